The van der Waals surface area contributed by atoms with E-state index in [0.29, 0.717) is 0 Å². The largest absolute Gasteiger partial charge is 0.501 e. The van der Waals surface area contributed by atoms with Crippen LogP contribution in [0.15, 0.2) is 35.1 Å². The maximum atomic E-state index is 12.1. The fourth-order valence-corrected chi connectivity index (χ4v) is 2.13. The highest BCUT2D eigenvalue weighted by atomic mass is 16.3. The second-order valence-corrected chi connectivity index (χ2v) is 5.25. The van der Waals surface area contributed by atoms with Crippen LogP contribution in [0.3, 0.4) is 0 Å². The van der Waals surface area contributed by atoms with Gasteiger partial charge in [0.25, 0.3) is 11.5 Å². The average molecular weight is 301 g/mol. The number of hydrogen-bond donors (Lipinski definition) is 3. The van der Waals surface area contributed by atoms with Crippen molar-refractivity contribution in [3.63, 3.8) is 0 Å². The van der Waals surface area contributed by atoms with E-state index in [9.17, 15) is 14.7 Å². The first kappa shape index (κ1) is 15.8. The monoisotopic (exact) mass is 301 g/mol. The van der Waals surface area contributed by atoms with Crippen LogP contribution in [-0.2, 0) is 6.42 Å². The number of carbonyl (C=O) groups excluding carboxylic acids is 1. The Morgan fingerprint density at radius 3 is 2.73 bits per heavy atom. The molecule has 0 aliphatic heterocycles. The highest BCUT2D eigenvalue weighted by molar-refractivity contribution is 5.94. The summed E-state index contributed by atoms with van der Waals surface area (Å²) < 4.78 is 0. The molecule has 22 heavy (non-hydrogen) atoms. The predicted molar refractivity (Wildman–Crippen MR) is 83.0 cm³/mol. The smallest absolute Gasteiger partial charge is 0.293 e. The van der Waals surface area contributed by atoms with Gasteiger partial charge in [-0.2, -0.15) is 0 Å². The highest BCUT2D eigenvalue weighted by Crippen LogP contribution is 2.09. The summed E-state index contributed by atoms with van der Waals surface area (Å²) in [7, 11) is 0. The Kier molecular flexibility index (Phi) is 4.93. The molecular formula is C16H19N3O3. The molecule has 0 saturated heterocycles. The SMILES string of the molecule is Cc1nc(C(=O)NC(C)CCc2ccccc2)c(O)c(=O)[nH]1. The van der Waals surface area contributed by atoms with Gasteiger partial charge in [0.1, 0.15) is 5.82 Å². The predicted octanol–water partition coefficient (Wildman–Crippen LogP) is 1.54. The molecule has 0 aliphatic rings. The number of aromatic hydroxyl groups is 1. The van der Waals surface area contributed by atoms with E-state index in [2.05, 4.69) is 15.3 Å². The molecule has 1 aromatic carbocycles. The van der Waals surface area contributed by atoms with Crippen molar-refractivity contribution in [2.45, 2.75) is 32.7 Å². The molecule has 0 saturated carbocycles. The lowest BCUT2D eigenvalue weighted by atomic mass is 10.1. The van der Waals surface area contributed by atoms with Crippen LogP contribution in [0.1, 0.15) is 35.2 Å². The number of amides is 1. The minimum atomic E-state index is -0.713. The summed E-state index contributed by atoms with van der Waals surface area (Å²) in [5.41, 5.74) is 0.235. The van der Waals surface area contributed by atoms with Crippen molar-refractivity contribution in [2.24, 2.45) is 0 Å². The summed E-state index contributed by atoms with van der Waals surface area (Å²) in [6.07, 6.45) is 1.58. The zero-order valence-electron chi connectivity index (χ0n) is 12.6. The third-order valence-corrected chi connectivity index (χ3v) is 3.31. The van der Waals surface area contributed by atoms with E-state index in [1.54, 1.807) is 6.92 Å². The number of benzene rings is 1. The van der Waals surface area contributed by atoms with Crippen LogP contribution >= 0.6 is 0 Å². The summed E-state index contributed by atoms with van der Waals surface area (Å²) >= 11 is 0. The van der Waals surface area contributed by atoms with Crippen LogP contribution < -0.4 is 10.9 Å². The number of carbonyl (C=O) groups is 1. The van der Waals surface area contributed by atoms with Crippen molar-refractivity contribution in [2.75, 3.05) is 0 Å². The molecule has 0 spiro atoms. The zero-order valence-corrected chi connectivity index (χ0v) is 12.6. The normalized spacial score (nSPS) is 11.9. The molecule has 1 amide bonds. The lowest BCUT2D eigenvalue weighted by Crippen LogP contribution is -2.34. The molecule has 2 aromatic rings. The first-order valence-corrected chi connectivity index (χ1v) is 7.12. The molecule has 6 nitrogen and oxygen atoms in total. The quantitative estimate of drug-likeness (QED) is 0.780. The number of aromatic amines is 1. The van der Waals surface area contributed by atoms with Crippen LogP contribution in [0.5, 0.6) is 5.75 Å². The number of H-pyrrole nitrogens is 1. The summed E-state index contributed by atoms with van der Waals surface area (Å²) in [5, 5.41) is 12.4. The molecule has 1 unspecified atom stereocenters. The fourth-order valence-electron chi connectivity index (χ4n) is 2.13. The van der Waals surface area contributed by atoms with Gasteiger partial charge in [0.15, 0.2) is 5.69 Å². The maximum absolute atomic E-state index is 12.1. The van der Waals surface area contributed by atoms with E-state index in [4.69, 9.17) is 0 Å². The van der Waals surface area contributed by atoms with Gasteiger partial charge in [-0.3, -0.25) is 9.59 Å². The molecule has 0 fully saturated rings. The molecule has 1 heterocycles. The maximum Gasteiger partial charge on any atom is 0.293 e. The van der Waals surface area contributed by atoms with Crippen LogP contribution in [-0.4, -0.2) is 27.0 Å². The summed E-state index contributed by atoms with van der Waals surface area (Å²) in [5.74, 6) is -0.921. The van der Waals surface area contributed by atoms with E-state index in [1.807, 2.05) is 37.3 Å². The van der Waals surface area contributed by atoms with E-state index in [1.165, 1.54) is 5.56 Å². The third kappa shape index (κ3) is 3.94. The van der Waals surface area contributed by atoms with Gasteiger partial charge in [-0.1, -0.05) is 30.3 Å². The summed E-state index contributed by atoms with van der Waals surface area (Å²) in [6, 6.07) is 9.86. The van der Waals surface area contributed by atoms with Crippen molar-refractivity contribution >= 4 is 5.91 Å². The molecule has 1 aromatic heterocycles. The molecule has 0 aliphatic carbocycles. The van der Waals surface area contributed by atoms with Gasteiger partial charge in [0.2, 0.25) is 5.75 Å². The molecule has 116 valence electrons. The van der Waals surface area contributed by atoms with Gasteiger partial charge >= 0.3 is 0 Å². The van der Waals surface area contributed by atoms with Gasteiger partial charge in [-0.15, -0.1) is 0 Å². The molecule has 3 N–H and O–H groups in total. The van der Waals surface area contributed by atoms with Crippen LogP contribution in [0.4, 0.5) is 0 Å². The van der Waals surface area contributed by atoms with Gasteiger partial charge in [-0.25, -0.2) is 4.98 Å². The van der Waals surface area contributed by atoms with E-state index in [0.717, 1.165) is 12.8 Å². The lowest BCUT2D eigenvalue weighted by molar-refractivity contribution is 0.0929. The van der Waals surface area contributed by atoms with E-state index in [-0.39, 0.29) is 17.6 Å². The molecule has 6 heteroatoms. The lowest BCUT2D eigenvalue weighted by Gasteiger charge is -2.14. The minimum Gasteiger partial charge on any atom is -0.501 e. The van der Waals surface area contributed by atoms with Crippen molar-refractivity contribution in [3.05, 3.63) is 57.8 Å². The van der Waals surface area contributed by atoms with Gasteiger partial charge < -0.3 is 15.4 Å². The number of nitrogens with zero attached hydrogens (tertiary/aromatic N) is 1. The van der Waals surface area contributed by atoms with Gasteiger partial charge in [0, 0.05) is 6.04 Å². The molecular weight excluding hydrogens is 282 g/mol. The molecule has 0 radical (unpaired) electrons. The Morgan fingerprint density at radius 2 is 2.05 bits per heavy atom. The number of aromatic nitrogens is 2. The molecule has 1 atom stereocenters. The van der Waals surface area contributed by atoms with Crippen molar-refractivity contribution in [3.8, 4) is 5.75 Å². The minimum absolute atomic E-state index is 0.103. The first-order chi connectivity index (χ1) is 10.5. The highest BCUT2D eigenvalue weighted by Gasteiger charge is 2.18. The zero-order chi connectivity index (χ0) is 16.1. The van der Waals surface area contributed by atoms with Crippen molar-refractivity contribution < 1.29 is 9.90 Å². The Hall–Kier alpha value is -2.63. The topological polar surface area (TPSA) is 95.1 Å². The summed E-state index contributed by atoms with van der Waals surface area (Å²) in [6.45, 7) is 3.42. The van der Waals surface area contributed by atoms with Crippen LogP contribution in [0, 0.1) is 6.92 Å². The van der Waals surface area contributed by atoms with Gasteiger partial charge in [-0.05, 0) is 32.3 Å². The molecule has 2 rings (SSSR count). The second-order valence-electron chi connectivity index (χ2n) is 5.25. The Bertz CT molecular complexity index is 710. The Balaban J connectivity index is 1.98. The molecule has 0 bridgehead atoms. The van der Waals surface area contributed by atoms with Crippen LogP contribution in [0.2, 0.25) is 0 Å². The number of aryl methyl sites for hydroxylation is 2. The number of rotatable bonds is 5. The standard InChI is InChI=1S/C16H19N3O3/c1-10(8-9-12-6-4-3-5-7-12)17-15(21)13-14(20)16(22)19-11(2)18-13/h3-7,10,20H,8-9H2,1-2H3,(H,17,21)(H,18,19,22). The van der Waals surface area contributed by atoms with Gasteiger partial charge in [0.05, 0.1) is 0 Å². The average Bonchev–Trinajstić information content (AvgIpc) is 2.49. The Labute approximate surface area is 128 Å². The van der Waals surface area contributed by atoms with E-state index < -0.39 is 17.2 Å². The van der Waals surface area contributed by atoms with Crippen LogP contribution in [0.25, 0.3) is 0 Å². The first-order valence-electron chi connectivity index (χ1n) is 7.12. The fraction of sp³-hybridized carbons (Fsp3) is 0.312. The Morgan fingerprint density at radius 1 is 1.36 bits per heavy atom. The third-order valence-electron chi connectivity index (χ3n) is 3.31. The van der Waals surface area contributed by atoms with E-state index >= 15 is 0 Å². The summed E-state index contributed by atoms with van der Waals surface area (Å²) in [4.78, 5) is 29.8. The van der Waals surface area contributed by atoms with Crippen molar-refractivity contribution in [1.29, 1.82) is 0 Å². The number of nitrogens with one attached hydrogen (secondary N) is 2. The number of hydrogen-bond acceptors (Lipinski definition) is 4. The second kappa shape index (κ2) is 6.89. The van der Waals surface area contributed by atoms with Crippen molar-refractivity contribution in [1.82, 2.24) is 15.3 Å².